The van der Waals surface area contributed by atoms with Crippen LogP contribution in [0.15, 0.2) is 393 Å². The number of benzene rings is 18. The van der Waals surface area contributed by atoms with Crippen molar-refractivity contribution in [2.24, 2.45) is 0 Å². The number of para-hydroxylation sites is 1. The Hall–Kier alpha value is -13.4. The molecule has 0 aliphatic heterocycles. The first-order valence-electron chi connectivity index (χ1n) is 35.6. The molecule has 3 nitrogen and oxygen atoms in total. The average Bonchev–Trinajstić information content (AvgIpc) is 0.903. The Kier molecular flexibility index (Phi) is 14.8. The first-order valence-corrected chi connectivity index (χ1v) is 36.4. The second-order valence-electron chi connectivity index (χ2n) is 27.0. The van der Waals surface area contributed by atoms with Gasteiger partial charge in [-0.2, -0.15) is 0 Å². The minimum Gasteiger partial charge on any atom is -0.456 e. The molecule has 4 heteroatoms. The van der Waals surface area contributed by atoms with E-state index in [1.54, 1.807) is 0 Å². The van der Waals surface area contributed by atoms with E-state index in [1.165, 1.54) is 130 Å². The zero-order valence-corrected chi connectivity index (χ0v) is 57.5. The van der Waals surface area contributed by atoms with Crippen LogP contribution in [0.1, 0.15) is 0 Å². The Bertz CT molecular complexity index is 6710. The van der Waals surface area contributed by atoms with Crippen LogP contribution in [0.25, 0.3) is 163 Å². The normalized spacial score (nSPS) is 11.7. The maximum atomic E-state index is 6.54. The molecular formula is C100H64N2OS. The highest BCUT2D eigenvalue weighted by Gasteiger charge is 2.23. The largest absolute Gasteiger partial charge is 0.456 e. The Morgan fingerprint density at radius 1 is 0.202 bits per heavy atom. The Morgan fingerprint density at radius 3 is 1.40 bits per heavy atom. The van der Waals surface area contributed by atoms with Crippen LogP contribution in [0.2, 0.25) is 0 Å². The monoisotopic (exact) mass is 1340 g/mol. The molecule has 0 bridgehead atoms. The van der Waals surface area contributed by atoms with E-state index in [0.717, 1.165) is 67.2 Å². The van der Waals surface area contributed by atoms with Crippen LogP contribution in [0, 0.1) is 0 Å². The van der Waals surface area contributed by atoms with Crippen molar-refractivity contribution >= 4 is 131 Å². The van der Waals surface area contributed by atoms with Crippen LogP contribution in [-0.2, 0) is 0 Å². The summed E-state index contributed by atoms with van der Waals surface area (Å²) < 4.78 is 9.07. The van der Waals surface area contributed by atoms with Gasteiger partial charge >= 0.3 is 0 Å². The van der Waals surface area contributed by atoms with E-state index in [4.69, 9.17) is 4.42 Å². The number of nitrogens with zero attached hydrogens (tertiary/aromatic N) is 2. The molecule has 0 radical (unpaired) electrons. The SMILES string of the molecule is c1ccc(-c2ccc3cccc(-c4cccc(N(c5ccc(-c6cccc7c(-c8ccc9c(-c%10ccc(N(c%11ccc(-c%12cccc%13ccccc%12%13)cc%11)c%11ccc%12c(c%11)oc%11ccccc%11%12)cc%10)c(-c%10ccccc%10)ccc9c8)cccc67)cc5)c5cccc6c5sc5ccccc56)c4)c3c2)cc1. The van der Waals surface area contributed by atoms with Gasteiger partial charge in [-0.05, 0) is 212 Å². The van der Waals surface area contributed by atoms with E-state index >= 15 is 0 Å². The van der Waals surface area contributed by atoms with Crippen molar-refractivity contribution in [3.8, 4) is 77.9 Å². The van der Waals surface area contributed by atoms with E-state index in [-0.39, 0.29) is 0 Å². The molecule has 2 heterocycles. The van der Waals surface area contributed by atoms with Gasteiger partial charge < -0.3 is 14.2 Å². The second kappa shape index (κ2) is 25.4. The first kappa shape index (κ1) is 60.6. The third-order valence-electron chi connectivity index (χ3n) is 21.1. The summed E-state index contributed by atoms with van der Waals surface area (Å²) in [7, 11) is 0. The van der Waals surface area contributed by atoms with Crippen molar-refractivity contribution in [1.82, 2.24) is 0 Å². The Morgan fingerprint density at radius 2 is 0.663 bits per heavy atom. The van der Waals surface area contributed by atoms with E-state index in [9.17, 15) is 0 Å². The topological polar surface area (TPSA) is 19.6 Å². The molecule has 0 fully saturated rings. The third-order valence-corrected chi connectivity index (χ3v) is 22.3. The van der Waals surface area contributed by atoms with E-state index in [1.807, 2.05) is 23.5 Å². The second-order valence-corrected chi connectivity index (χ2v) is 28.1. The molecule has 104 heavy (non-hydrogen) atoms. The molecular weight excluding hydrogens is 1280 g/mol. The van der Waals surface area contributed by atoms with Crippen LogP contribution in [-0.4, -0.2) is 0 Å². The Labute approximate surface area is 606 Å². The number of hydrogen-bond acceptors (Lipinski definition) is 4. The molecule has 486 valence electrons. The summed E-state index contributed by atoms with van der Waals surface area (Å²) in [5.74, 6) is 0. The minimum atomic E-state index is 0.852. The zero-order chi connectivity index (χ0) is 68.6. The number of hydrogen-bond donors (Lipinski definition) is 0. The van der Waals surface area contributed by atoms with Gasteiger partial charge in [0.1, 0.15) is 11.2 Å². The summed E-state index contributed by atoms with van der Waals surface area (Å²) in [4.78, 5) is 4.81. The molecule has 0 N–H and O–H groups in total. The summed E-state index contributed by atoms with van der Waals surface area (Å²) in [6, 6.07) is 142. The van der Waals surface area contributed by atoms with Crippen molar-refractivity contribution in [2.45, 2.75) is 0 Å². The zero-order valence-electron chi connectivity index (χ0n) is 56.7. The van der Waals surface area contributed by atoms with Crippen LogP contribution < -0.4 is 9.80 Å². The fourth-order valence-corrected chi connectivity index (χ4v) is 17.3. The quantitative estimate of drug-likeness (QED) is 0.115. The van der Waals surface area contributed by atoms with Crippen LogP contribution in [0.3, 0.4) is 0 Å². The molecule has 2 aromatic heterocycles. The lowest BCUT2D eigenvalue weighted by atomic mass is 9.87. The van der Waals surface area contributed by atoms with Gasteiger partial charge in [0.05, 0.1) is 10.4 Å². The highest BCUT2D eigenvalue weighted by Crippen LogP contribution is 2.49. The molecule has 20 rings (SSSR count). The molecule has 0 amide bonds. The molecule has 18 aromatic carbocycles. The summed E-state index contributed by atoms with van der Waals surface area (Å²) in [5, 5.41) is 14.4. The summed E-state index contributed by atoms with van der Waals surface area (Å²) in [6.07, 6.45) is 0. The van der Waals surface area contributed by atoms with Crippen molar-refractivity contribution in [3.05, 3.63) is 388 Å². The van der Waals surface area contributed by atoms with Gasteiger partial charge in [0.25, 0.3) is 0 Å². The highest BCUT2D eigenvalue weighted by atomic mass is 32.1. The van der Waals surface area contributed by atoms with Gasteiger partial charge in [0.2, 0.25) is 0 Å². The van der Waals surface area contributed by atoms with Crippen LogP contribution in [0.4, 0.5) is 34.1 Å². The van der Waals surface area contributed by atoms with Gasteiger partial charge in [0, 0.05) is 60.7 Å². The standard InChI is InChI=1S/C100H64N2OS/c1-3-19-65(20-4-1)72-42-41-68-25-15-32-85(94(68)63-72)73-26-13-27-79(62-73)102(95-38-18-37-93-92-30-10-12-40-98(92)104-100(93)95)78-53-45-70(46-54-78)83-33-16-36-89-84(34-17-35-88(83)89)74-49-59-87-75(61-74)50-58-86(67-21-5-2-6-22-67)99(87)71-47-55-77(56-48-71)101(80-57-60-91-90-29-9-11-39-96(90)103-97(91)64-80)76-51-43-69(44-52-76)82-31-14-24-66-23-7-8-28-81(66)82/h1-64H. The summed E-state index contributed by atoms with van der Waals surface area (Å²) in [6.45, 7) is 0. The molecule has 0 atom stereocenters. The van der Waals surface area contributed by atoms with Crippen LogP contribution >= 0.6 is 11.3 Å². The lowest BCUT2D eigenvalue weighted by Crippen LogP contribution is -2.10. The van der Waals surface area contributed by atoms with E-state index < -0.39 is 0 Å². The van der Waals surface area contributed by atoms with Crippen molar-refractivity contribution in [1.29, 1.82) is 0 Å². The average molecular weight is 1340 g/mol. The van der Waals surface area contributed by atoms with E-state index in [2.05, 4.69) is 386 Å². The maximum Gasteiger partial charge on any atom is 0.137 e. The molecule has 0 unspecified atom stereocenters. The lowest BCUT2D eigenvalue weighted by Gasteiger charge is -2.27. The molecule has 0 saturated carbocycles. The van der Waals surface area contributed by atoms with Crippen molar-refractivity contribution < 1.29 is 4.42 Å². The fraction of sp³-hybridized carbons (Fsp3) is 0. The molecule has 20 aromatic rings. The van der Waals surface area contributed by atoms with Gasteiger partial charge in [-0.1, -0.05) is 291 Å². The van der Waals surface area contributed by atoms with Gasteiger partial charge in [0.15, 0.2) is 0 Å². The van der Waals surface area contributed by atoms with Gasteiger partial charge in [-0.15, -0.1) is 11.3 Å². The third kappa shape index (κ3) is 10.6. The van der Waals surface area contributed by atoms with Gasteiger partial charge in [-0.3, -0.25) is 0 Å². The van der Waals surface area contributed by atoms with Crippen molar-refractivity contribution in [3.63, 3.8) is 0 Å². The summed E-state index contributed by atoms with van der Waals surface area (Å²) in [5.41, 5.74) is 24.7. The van der Waals surface area contributed by atoms with E-state index in [0.29, 0.717) is 0 Å². The number of anilines is 6. The molecule has 0 spiro atoms. The van der Waals surface area contributed by atoms with Crippen LogP contribution in [0.5, 0.6) is 0 Å². The fourth-order valence-electron chi connectivity index (χ4n) is 16.1. The molecule has 0 aliphatic carbocycles. The Balaban J connectivity index is 0.659. The smallest absolute Gasteiger partial charge is 0.137 e. The number of fused-ring (bicyclic) bond motifs is 10. The molecule has 0 saturated heterocycles. The number of furan rings is 1. The predicted octanol–water partition coefficient (Wildman–Crippen LogP) is 29.2. The van der Waals surface area contributed by atoms with Gasteiger partial charge in [-0.25, -0.2) is 0 Å². The predicted molar refractivity (Wildman–Crippen MR) is 444 cm³/mol. The maximum absolute atomic E-state index is 6.54. The van der Waals surface area contributed by atoms with Crippen molar-refractivity contribution in [2.75, 3.05) is 9.80 Å². The molecule has 0 aliphatic rings. The minimum absolute atomic E-state index is 0.852. The first-order chi connectivity index (χ1) is 51.5. The summed E-state index contributed by atoms with van der Waals surface area (Å²) >= 11 is 1.86. The number of rotatable bonds is 13. The highest BCUT2D eigenvalue weighted by molar-refractivity contribution is 7.26. The number of thiophene rings is 1. The lowest BCUT2D eigenvalue weighted by molar-refractivity contribution is 0.669.